The zero-order chi connectivity index (χ0) is 14.4. The molecule has 1 fully saturated rings. The number of benzene rings is 1. The van der Waals surface area contributed by atoms with Crippen LogP contribution in [0.2, 0.25) is 0 Å². The Hall–Kier alpha value is -1.70. The van der Waals surface area contributed by atoms with Gasteiger partial charge in [-0.1, -0.05) is 31.1 Å². The fourth-order valence-electron chi connectivity index (χ4n) is 3.59. The number of thiocarbonyl (C=S) groups is 1. The van der Waals surface area contributed by atoms with Crippen LogP contribution in [0, 0.1) is 11.3 Å². The highest BCUT2D eigenvalue weighted by Gasteiger charge is 2.45. The Labute approximate surface area is 133 Å². The highest BCUT2D eigenvalue weighted by molar-refractivity contribution is 7.80. The molecule has 21 heavy (non-hydrogen) atoms. The summed E-state index contributed by atoms with van der Waals surface area (Å²) in [5.74, 6) is 0. The van der Waals surface area contributed by atoms with Gasteiger partial charge in [-0.05, 0) is 48.2 Å². The Morgan fingerprint density at radius 2 is 2.00 bits per heavy atom. The van der Waals surface area contributed by atoms with Crippen molar-refractivity contribution in [2.45, 2.75) is 31.1 Å². The van der Waals surface area contributed by atoms with Crippen LogP contribution in [-0.2, 0) is 5.41 Å². The first kappa shape index (κ1) is 13.0. The Morgan fingerprint density at radius 3 is 2.71 bits per heavy atom. The number of nitrogens with one attached hydrogen (secondary N) is 1. The summed E-state index contributed by atoms with van der Waals surface area (Å²) in [5, 5.41) is 12.4. The minimum atomic E-state index is 0.0655. The van der Waals surface area contributed by atoms with E-state index in [1.165, 1.54) is 29.7 Å². The third kappa shape index (κ3) is 1.85. The van der Waals surface area contributed by atoms with E-state index in [-0.39, 0.29) is 5.41 Å². The molecule has 0 atom stereocenters. The fourth-order valence-corrected chi connectivity index (χ4v) is 4.82. The molecule has 0 unspecified atom stereocenters. The maximum Gasteiger partial charge on any atom is 0.110 e. The van der Waals surface area contributed by atoms with E-state index in [9.17, 15) is 0 Å². The third-order valence-electron chi connectivity index (χ3n) is 4.68. The van der Waals surface area contributed by atoms with E-state index in [4.69, 9.17) is 17.5 Å². The molecule has 1 aliphatic heterocycles. The molecule has 4 rings (SSSR count). The zero-order valence-corrected chi connectivity index (χ0v) is 13.1. The van der Waals surface area contributed by atoms with Crippen LogP contribution in [0.15, 0.2) is 30.3 Å². The minimum absolute atomic E-state index is 0.0655. The molecular weight excluding hydrogens is 296 g/mol. The van der Waals surface area contributed by atoms with Gasteiger partial charge in [0.15, 0.2) is 0 Å². The summed E-state index contributed by atoms with van der Waals surface area (Å²) in [6.45, 7) is 0. The maximum absolute atomic E-state index is 8.99. The lowest BCUT2D eigenvalue weighted by Crippen LogP contribution is -2.29. The van der Waals surface area contributed by atoms with Gasteiger partial charge in [-0.25, -0.2) is 0 Å². The average Bonchev–Trinajstić information content (AvgIpc) is 3.22. The molecule has 2 heterocycles. The van der Waals surface area contributed by atoms with Gasteiger partial charge in [0.1, 0.15) is 10.9 Å². The van der Waals surface area contributed by atoms with E-state index in [1.54, 1.807) is 11.3 Å². The quantitative estimate of drug-likeness (QED) is 0.765. The second-order valence-corrected chi connectivity index (χ2v) is 7.27. The van der Waals surface area contributed by atoms with Crippen molar-refractivity contribution in [3.05, 3.63) is 40.8 Å². The molecule has 2 aromatic rings. The van der Waals surface area contributed by atoms with E-state index >= 15 is 0 Å². The predicted molar refractivity (Wildman–Crippen MR) is 90.8 cm³/mol. The van der Waals surface area contributed by atoms with Crippen molar-refractivity contribution in [1.82, 2.24) is 0 Å². The molecule has 1 aromatic heterocycles. The Balaban J connectivity index is 1.83. The van der Waals surface area contributed by atoms with Gasteiger partial charge < -0.3 is 5.32 Å². The largest absolute Gasteiger partial charge is 0.349 e. The van der Waals surface area contributed by atoms with E-state index in [0.717, 1.165) is 27.6 Å². The molecule has 1 spiro atoms. The van der Waals surface area contributed by atoms with E-state index in [1.807, 2.05) is 12.1 Å². The van der Waals surface area contributed by atoms with Gasteiger partial charge in [0.25, 0.3) is 0 Å². The summed E-state index contributed by atoms with van der Waals surface area (Å²) in [6, 6.07) is 12.7. The second-order valence-electron chi connectivity index (χ2n) is 5.78. The molecule has 0 radical (unpaired) electrons. The molecular formula is C17H14N2S2. The van der Waals surface area contributed by atoms with Crippen molar-refractivity contribution in [3.63, 3.8) is 0 Å². The van der Waals surface area contributed by atoms with Gasteiger partial charge in [0.05, 0.1) is 4.99 Å². The number of hydrogen-bond donors (Lipinski definition) is 1. The van der Waals surface area contributed by atoms with Crippen LogP contribution in [0.5, 0.6) is 0 Å². The van der Waals surface area contributed by atoms with Gasteiger partial charge in [0, 0.05) is 16.0 Å². The number of thiophene rings is 1. The second kappa shape index (κ2) is 4.66. The smallest absolute Gasteiger partial charge is 0.110 e. The van der Waals surface area contributed by atoms with Gasteiger partial charge >= 0.3 is 0 Å². The van der Waals surface area contributed by atoms with Crippen LogP contribution in [-0.4, -0.2) is 4.99 Å². The Kier molecular flexibility index (Phi) is 2.88. The molecule has 1 N–H and O–H groups in total. The molecule has 4 heteroatoms. The molecule has 0 amide bonds. The van der Waals surface area contributed by atoms with Crippen LogP contribution in [0.3, 0.4) is 0 Å². The summed E-state index contributed by atoms with van der Waals surface area (Å²) in [7, 11) is 0. The summed E-state index contributed by atoms with van der Waals surface area (Å²) in [6.07, 6.45) is 4.82. The fraction of sp³-hybridized carbons (Fsp3) is 0.294. The lowest BCUT2D eigenvalue weighted by molar-refractivity contribution is 0.620. The molecule has 1 saturated carbocycles. The summed E-state index contributed by atoms with van der Waals surface area (Å²) >= 11 is 7.18. The number of hydrogen-bond acceptors (Lipinski definition) is 3. The topological polar surface area (TPSA) is 35.8 Å². The van der Waals surface area contributed by atoms with Crippen LogP contribution in [0.4, 0.5) is 5.69 Å². The first-order valence-electron chi connectivity index (χ1n) is 7.19. The van der Waals surface area contributed by atoms with E-state index in [0.29, 0.717) is 0 Å². The van der Waals surface area contributed by atoms with Crippen LogP contribution in [0.1, 0.15) is 36.1 Å². The number of fused-ring (bicyclic) bond motifs is 2. The lowest BCUT2D eigenvalue weighted by Gasteiger charge is -2.23. The predicted octanol–water partition coefficient (Wildman–Crippen LogP) is 4.85. The van der Waals surface area contributed by atoms with Crippen LogP contribution < -0.4 is 5.32 Å². The molecule has 2 aliphatic rings. The maximum atomic E-state index is 8.99. The zero-order valence-electron chi connectivity index (χ0n) is 11.5. The molecule has 1 aromatic carbocycles. The highest BCUT2D eigenvalue weighted by atomic mass is 32.1. The van der Waals surface area contributed by atoms with Gasteiger partial charge in [0.2, 0.25) is 0 Å². The van der Waals surface area contributed by atoms with Gasteiger partial charge in [-0.2, -0.15) is 5.26 Å². The normalized spacial score (nSPS) is 18.5. The van der Waals surface area contributed by atoms with Gasteiger partial charge in [-0.3, -0.25) is 0 Å². The molecule has 0 saturated heterocycles. The molecule has 2 nitrogen and oxygen atoms in total. The number of nitrogens with zero attached hydrogens (tertiary/aromatic N) is 1. The van der Waals surface area contributed by atoms with Crippen molar-refractivity contribution in [3.8, 4) is 16.5 Å². The molecule has 0 bridgehead atoms. The van der Waals surface area contributed by atoms with Crippen molar-refractivity contribution in [2.75, 3.05) is 5.32 Å². The van der Waals surface area contributed by atoms with Crippen LogP contribution in [0.25, 0.3) is 10.4 Å². The van der Waals surface area contributed by atoms with Crippen molar-refractivity contribution in [1.29, 1.82) is 5.26 Å². The van der Waals surface area contributed by atoms with Crippen molar-refractivity contribution in [2.24, 2.45) is 0 Å². The SMILES string of the molecule is N#Cc1ccc(-c2ccc3c(c2)C2(CCCC2)C(=S)N3)s1. The number of rotatable bonds is 1. The van der Waals surface area contributed by atoms with Crippen molar-refractivity contribution >= 4 is 34.2 Å². The van der Waals surface area contributed by atoms with Crippen molar-refractivity contribution < 1.29 is 0 Å². The van der Waals surface area contributed by atoms with Crippen LogP contribution >= 0.6 is 23.6 Å². The first-order chi connectivity index (χ1) is 10.2. The van der Waals surface area contributed by atoms with Gasteiger partial charge in [-0.15, -0.1) is 11.3 Å². The summed E-state index contributed by atoms with van der Waals surface area (Å²) in [5.41, 5.74) is 3.78. The third-order valence-corrected chi connectivity index (χ3v) is 6.21. The van der Waals surface area contributed by atoms with E-state index in [2.05, 4.69) is 29.6 Å². The molecule has 1 aliphatic carbocycles. The number of anilines is 1. The summed E-state index contributed by atoms with van der Waals surface area (Å²) in [4.78, 5) is 2.91. The summed E-state index contributed by atoms with van der Waals surface area (Å²) < 4.78 is 0. The average molecular weight is 310 g/mol. The highest BCUT2D eigenvalue weighted by Crippen LogP contribution is 2.50. The number of nitriles is 1. The van der Waals surface area contributed by atoms with E-state index < -0.39 is 0 Å². The molecule has 104 valence electrons. The monoisotopic (exact) mass is 310 g/mol. The Morgan fingerprint density at radius 1 is 1.19 bits per heavy atom. The Bertz CT molecular complexity index is 776. The minimum Gasteiger partial charge on any atom is -0.349 e. The lowest BCUT2D eigenvalue weighted by atomic mass is 9.80. The first-order valence-corrected chi connectivity index (χ1v) is 8.42. The standard InChI is InChI=1S/C17H14N2S2/c18-10-12-4-6-15(21-12)11-3-5-14-13(9-11)17(16(20)19-14)7-1-2-8-17/h3-6,9H,1-2,7-8H2,(H,19,20).